The Balaban J connectivity index is 1.12. The normalized spacial score (nSPS) is 14.0. The lowest BCUT2D eigenvalue weighted by Crippen LogP contribution is -2.38. The Hall–Kier alpha value is -4.41. The second-order valence-corrected chi connectivity index (χ2v) is 9.02. The largest absolute Gasteiger partial charge is 0.489 e. The van der Waals surface area contributed by atoms with E-state index >= 15 is 0 Å². The zero-order valence-corrected chi connectivity index (χ0v) is 20.9. The van der Waals surface area contributed by atoms with Crippen LogP contribution in [0.15, 0.2) is 79.1 Å². The maximum absolute atomic E-state index is 5.84. The van der Waals surface area contributed by atoms with Crippen molar-refractivity contribution in [1.29, 1.82) is 0 Å². The Morgan fingerprint density at radius 1 is 0.895 bits per heavy atom. The SMILES string of the molecule is c1ccc(Nc2ccc3nnc(Cc4cccc(-c5ncc(OCCN6CCOCC6)cn5)c4)n3n2)cc1. The predicted octanol–water partition coefficient (Wildman–Crippen LogP) is 3.63. The smallest absolute Gasteiger partial charge is 0.178 e. The molecule has 2 aromatic carbocycles. The van der Waals surface area contributed by atoms with Gasteiger partial charge in [0, 0.05) is 37.3 Å². The number of ether oxygens (including phenoxy) is 2. The Labute approximate surface area is 220 Å². The third-order valence-electron chi connectivity index (χ3n) is 6.33. The van der Waals surface area contributed by atoms with Crippen LogP contribution in [0.4, 0.5) is 11.5 Å². The molecule has 1 fully saturated rings. The van der Waals surface area contributed by atoms with Gasteiger partial charge < -0.3 is 14.8 Å². The minimum Gasteiger partial charge on any atom is -0.489 e. The molecule has 0 atom stereocenters. The zero-order chi connectivity index (χ0) is 25.6. The summed E-state index contributed by atoms with van der Waals surface area (Å²) in [5, 5.41) is 16.7. The van der Waals surface area contributed by atoms with Crippen molar-refractivity contribution in [3.63, 3.8) is 0 Å². The summed E-state index contributed by atoms with van der Waals surface area (Å²) < 4.78 is 13.0. The maximum Gasteiger partial charge on any atom is 0.178 e. The molecule has 0 unspecified atom stereocenters. The zero-order valence-electron chi connectivity index (χ0n) is 20.9. The Morgan fingerprint density at radius 2 is 1.74 bits per heavy atom. The summed E-state index contributed by atoms with van der Waals surface area (Å²) in [6, 6.07) is 21.9. The molecule has 38 heavy (non-hydrogen) atoms. The molecule has 5 aromatic rings. The minimum atomic E-state index is 0.569. The van der Waals surface area contributed by atoms with Crippen LogP contribution in [0.2, 0.25) is 0 Å². The number of nitrogens with zero attached hydrogens (tertiary/aromatic N) is 7. The Morgan fingerprint density at radius 3 is 2.58 bits per heavy atom. The summed E-state index contributed by atoms with van der Waals surface area (Å²) in [5.41, 5.74) is 3.66. The fourth-order valence-corrected chi connectivity index (χ4v) is 4.34. The summed E-state index contributed by atoms with van der Waals surface area (Å²) >= 11 is 0. The van der Waals surface area contributed by atoms with Gasteiger partial charge in [0.2, 0.25) is 0 Å². The molecular weight excluding hydrogens is 480 g/mol. The highest BCUT2D eigenvalue weighted by Gasteiger charge is 2.12. The molecule has 0 saturated carbocycles. The molecule has 0 bridgehead atoms. The van der Waals surface area contributed by atoms with Crippen molar-refractivity contribution in [2.24, 2.45) is 0 Å². The molecule has 10 nitrogen and oxygen atoms in total. The van der Waals surface area contributed by atoms with Gasteiger partial charge in [-0.2, -0.15) is 4.52 Å². The number of rotatable bonds is 9. The second-order valence-electron chi connectivity index (χ2n) is 9.02. The van der Waals surface area contributed by atoms with Crippen LogP contribution >= 0.6 is 0 Å². The van der Waals surface area contributed by atoms with Crippen molar-refractivity contribution < 1.29 is 9.47 Å². The van der Waals surface area contributed by atoms with Crippen LogP contribution in [-0.4, -0.2) is 74.1 Å². The van der Waals surface area contributed by atoms with Crippen molar-refractivity contribution in [3.05, 3.63) is 90.5 Å². The summed E-state index contributed by atoms with van der Waals surface area (Å²) in [5.74, 6) is 2.78. The average molecular weight is 509 g/mol. The van der Waals surface area contributed by atoms with E-state index in [1.165, 1.54) is 0 Å². The molecule has 192 valence electrons. The standard InChI is InChI=1S/C28H28N8O2/c1-2-7-23(8-3-1)31-25-9-10-26-32-33-27(36(26)34-25)18-21-5-4-6-22(17-21)28-29-19-24(20-30-28)38-16-13-35-11-14-37-15-12-35/h1-10,17,19-20H,11-16,18H2,(H,31,34). The molecule has 0 radical (unpaired) electrons. The maximum atomic E-state index is 5.84. The first-order valence-corrected chi connectivity index (χ1v) is 12.7. The van der Waals surface area contributed by atoms with E-state index in [4.69, 9.17) is 14.6 Å². The van der Waals surface area contributed by atoms with Crippen LogP contribution < -0.4 is 10.1 Å². The van der Waals surface area contributed by atoms with Crippen molar-refractivity contribution in [2.45, 2.75) is 6.42 Å². The van der Waals surface area contributed by atoms with Gasteiger partial charge in [0.05, 0.1) is 25.6 Å². The fraction of sp³-hybridized carbons (Fsp3) is 0.250. The van der Waals surface area contributed by atoms with E-state index in [9.17, 15) is 0 Å². The summed E-state index contributed by atoms with van der Waals surface area (Å²) in [4.78, 5) is 11.4. The van der Waals surface area contributed by atoms with Crippen LogP contribution in [0.1, 0.15) is 11.4 Å². The van der Waals surface area contributed by atoms with Gasteiger partial charge in [-0.3, -0.25) is 4.90 Å². The van der Waals surface area contributed by atoms with Crippen molar-refractivity contribution in [1.82, 2.24) is 34.7 Å². The second kappa shape index (κ2) is 11.3. The fourth-order valence-electron chi connectivity index (χ4n) is 4.34. The molecule has 1 aliphatic heterocycles. The molecule has 6 rings (SSSR count). The van der Waals surface area contributed by atoms with Gasteiger partial charge in [0.25, 0.3) is 0 Å². The van der Waals surface area contributed by atoms with Crippen LogP contribution in [0.5, 0.6) is 5.75 Å². The lowest BCUT2D eigenvalue weighted by molar-refractivity contribution is 0.0322. The van der Waals surface area contributed by atoms with E-state index in [0.717, 1.165) is 61.3 Å². The summed E-state index contributed by atoms with van der Waals surface area (Å²) in [6.07, 6.45) is 4.02. The van der Waals surface area contributed by atoms with Gasteiger partial charge in [0.1, 0.15) is 6.61 Å². The first-order chi connectivity index (χ1) is 18.8. The first kappa shape index (κ1) is 24.0. The number of nitrogens with one attached hydrogen (secondary N) is 1. The highest BCUT2D eigenvalue weighted by atomic mass is 16.5. The first-order valence-electron chi connectivity index (χ1n) is 12.7. The third kappa shape index (κ3) is 5.77. The molecule has 1 aliphatic rings. The Kier molecular flexibility index (Phi) is 7.14. The molecule has 3 aromatic heterocycles. The van der Waals surface area contributed by atoms with Crippen LogP contribution in [0.3, 0.4) is 0 Å². The molecule has 0 spiro atoms. The quantitative estimate of drug-likeness (QED) is 0.320. The highest BCUT2D eigenvalue weighted by Crippen LogP contribution is 2.20. The number of benzene rings is 2. The van der Waals surface area contributed by atoms with Gasteiger partial charge in [0.15, 0.2) is 28.9 Å². The lowest BCUT2D eigenvalue weighted by atomic mass is 10.1. The van der Waals surface area contributed by atoms with E-state index < -0.39 is 0 Å². The molecule has 1 saturated heterocycles. The number of anilines is 2. The number of morpholine rings is 1. The highest BCUT2D eigenvalue weighted by molar-refractivity contribution is 5.58. The third-order valence-corrected chi connectivity index (χ3v) is 6.33. The summed E-state index contributed by atoms with van der Waals surface area (Å²) in [7, 11) is 0. The van der Waals surface area contributed by atoms with E-state index in [1.807, 2.05) is 54.6 Å². The van der Waals surface area contributed by atoms with Gasteiger partial charge in [-0.15, -0.1) is 15.3 Å². The van der Waals surface area contributed by atoms with E-state index in [2.05, 4.69) is 42.5 Å². The van der Waals surface area contributed by atoms with E-state index in [0.29, 0.717) is 30.2 Å². The lowest BCUT2D eigenvalue weighted by Gasteiger charge is -2.26. The van der Waals surface area contributed by atoms with Gasteiger partial charge >= 0.3 is 0 Å². The minimum absolute atomic E-state index is 0.569. The van der Waals surface area contributed by atoms with Gasteiger partial charge in [-0.25, -0.2) is 9.97 Å². The van der Waals surface area contributed by atoms with Crippen molar-refractivity contribution in [2.75, 3.05) is 44.8 Å². The number of fused-ring (bicyclic) bond motifs is 1. The molecular formula is C28H28N8O2. The number of hydrogen-bond acceptors (Lipinski definition) is 9. The molecule has 0 aliphatic carbocycles. The molecule has 10 heteroatoms. The van der Waals surface area contributed by atoms with E-state index in [1.54, 1.807) is 16.9 Å². The number of hydrogen-bond donors (Lipinski definition) is 1. The van der Waals surface area contributed by atoms with Crippen molar-refractivity contribution in [3.8, 4) is 17.1 Å². The van der Waals surface area contributed by atoms with Gasteiger partial charge in [-0.05, 0) is 35.9 Å². The molecule has 1 N–H and O–H groups in total. The number of aromatic nitrogens is 6. The predicted molar refractivity (Wildman–Crippen MR) is 144 cm³/mol. The number of para-hydroxylation sites is 1. The average Bonchev–Trinajstić information content (AvgIpc) is 3.36. The Bertz CT molecular complexity index is 1480. The van der Waals surface area contributed by atoms with Crippen molar-refractivity contribution >= 4 is 17.2 Å². The van der Waals surface area contributed by atoms with E-state index in [-0.39, 0.29) is 0 Å². The van der Waals surface area contributed by atoms with Crippen LogP contribution in [0.25, 0.3) is 17.0 Å². The molecule has 0 amide bonds. The monoisotopic (exact) mass is 508 g/mol. The van der Waals surface area contributed by atoms with Crippen LogP contribution in [0, 0.1) is 0 Å². The van der Waals surface area contributed by atoms with Gasteiger partial charge in [-0.1, -0.05) is 36.4 Å². The molecule has 4 heterocycles. The summed E-state index contributed by atoms with van der Waals surface area (Å²) in [6.45, 7) is 4.92. The van der Waals surface area contributed by atoms with Crippen LogP contribution in [-0.2, 0) is 11.2 Å². The topological polar surface area (TPSA) is 103 Å².